The standard InChI is InChI=1S/C20H21N5O/c1-20(2,3)16-11-9-14(10-12-16)13-21-24-19-22-18(26)17(23-25-19)15-7-5-4-6-8-15/h4-13H,1-3H3,(H2,22,24,25,26)/b21-13+. The Bertz CT molecular complexity index is 954. The molecule has 0 unspecified atom stereocenters. The van der Waals surface area contributed by atoms with Crippen molar-refractivity contribution in [1.29, 1.82) is 0 Å². The zero-order valence-electron chi connectivity index (χ0n) is 15.0. The molecule has 3 rings (SSSR count). The number of aromatic amines is 1. The summed E-state index contributed by atoms with van der Waals surface area (Å²) >= 11 is 0. The normalized spacial score (nSPS) is 11.7. The van der Waals surface area contributed by atoms with Gasteiger partial charge in [-0.1, -0.05) is 75.4 Å². The van der Waals surface area contributed by atoms with Gasteiger partial charge in [0.15, 0.2) is 5.69 Å². The van der Waals surface area contributed by atoms with Crippen molar-refractivity contribution in [2.45, 2.75) is 26.2 Å². The molecule has 0 radical (unpaired) electrons. The van der Waals surface area contributed by atoms with Crippen molar-refractivity contribution in [1.82, 2.24) is 15.2 Å². The molecule has 6 nitrogen and oxygen atoms in total. The van der Waals surface area contributed by atoms with Crippen LogP contribution in [0.5, 0.6) is 0 Å². The predicted octanol–water partition coefficient (Wildman–Crippen LogP) is 3.58. The lowest BCUT2D eigenvalue weighted by Gasteiger charge is -2.18. The van der Waals surface area contributed by atoms with E-state index in [0.29, 0.717) is 0 Å². The molecule has 0 saturated carbocycles. The lowest BCUT2D eigenvalue weighted by atomic mass is 9.87. The molecule has 0 atom stereocenters. The Morgan fingerprint density at radius 3 is 2.31 bits per heavy atom. The van der Waals surface area contributed by atoms with Gasteiger partial charge in [-0.15, -0.1) is 10.2 Å². The first kappa shape index (κ1) is 17.5. The lowest BCUT2D eigenvalue weighted by Crippen LogP contribution is -2.15. The molecule has 1 heterocycles. The van der Waals surface area contributed by atoms with E-state index < -0.39 is 0 Å². The third-order valence-electron chi connectivity index (χ3n) is 3.91. The average molecular weight is 347 g/mol. The van der Waals surface area contributed by atoms with Crippen molar-refractivity contribution < 1.29 is 0 Å². The van der Waals surface area contributed by atoms with Crippen LogP contribution in [0.25, 0.3) is 11.3 Å². The van der Waals surface area contributed by atoms with E-state index in [0.717, 1.165) is 11.1 Å². The Labute approximate surface area is 152 Å². The van der Waals surface area contributed by atoms with Crippen LogP contribution in [0.4, 0.5) is 5.95 Å². The first-order chi connectivity index (χ1) is 12.4. The lowest BCUT2D eigenvalue weighted by molar-refractivity contribution is 0.590. The molecule has 0 saturated heterocycles. The predicted molar refractivity (Wildman–Crippen MR) is 104 cm³/mol. The van der Waals surface area contributed by atoms with Crippen LogP contribution in [0.15, 0.2) is 64.5 Å². The zero-order chi connectivity index (χ0) is 18.6. The number of anilines is 1. The van der Waals surface area contributed by atoms with Crippen LogP contribution < -0.4 is 11.0 Å². The van der Waals surface area contributed by atoms with Crippen molar-refractivity contribution >= 4 is 12.2 Å². The Morgan fingerprint density at radius 2 is 1.69 bits per heavy atom. The van der Waals surface area contributed by atoms with E-state index in [2.05, 4.69) is 58.6 Å². The molecule has 132 valence electrons. The highest BCUT2D eigenvalue weighted by atomic mass is 16.1. The van der Waals surface area contributed by atoms with Crippen LogP contribution in [-0.4, -0.2) is 21.4 Å². The molecule has 0 bridgehead atoms. The first-order valence-electron chi connectivity index (χ1n) is 8.35. The van der Waals surface area contributed by atoms with Gasteiger partial charge >= 0.3 is 0 Å². The van der Waals surface area contributed by atoms with Crippen molar-refractivity contribution in [3.8, 4) is 11.3 Å². The highest BCUT2D eigenvalue weighted by Gasteiger charge is 2.12. The summed E-state index contributed by atoms with van der Waals surface area (Å²) in [5, 5.41) is 12.0. The maximum absolute atomic E-state index is 12.2. The largest absolute Gasteiger partial charge is 0.288 e. The molecule has 26 heavy (non-hydrogen) atoms. The summed E-state index contributed by atoms with van der Waals surface area (Å²) in [6, 6.07) is 17.4. The Balaban J connectivity index is 1.69. The molecular formula is C20H21N5O. The summed E-state index contributed by atoms with van der Waals surface area (Å²) < 4.78 is 0. The highest BCUT2D eigenvalue weighted by Crippen LogP contribution is 2.21. The molecule has 0 aliphatic rings. The van der Waals surface area contributed by atoms with Crippen LogP contribution in [-0.2, 0) is 5.41 Å². The average Bonchev–Trinajstić information content (AvgIpc) is 2.62. The molecule has 2 N–H and O–H groups in total. The number of H-pyrrole nitrogens is 1. The summed E-state index contributed by atoms with van der Waals surface area (Å²) in [5.74, 6) is 0.192. The number of rotatable bonds is 4. The van der Waals surface area contributed by atoms with Gasteiger partial charge in [-0.3, -0.25) is 9.78 Å². The van der Waals surface area contributed by atoms with Crippen molar-refractivity contribution in [3.05, 3.63) is 76.1 Å². The molecule has 0 fully saturated rings. The maximum Gasteiger partial charge on any atom is 0.279 e. The van der Waals surface area contributed by atoms with Crippen molar-refractivity contribution in [3.63, 3.8) is 0 Å². The molecule has 0 aliphatic carbocycles. The third kappa shape index (κ3) is 4.22. The molecule has 0 aliphatic heterocycles. The number of hydrogen-bond donors (Lipinski definition) is 2. The fourth-order valence-electron chi connectivity index (χ4n) is 2.41. The van der Waals surface area contributed by atoms with E-state index in [1.807, 2.05) is 42.5 Å². The molecule has 3 aromatic rings. The van der Waals surface area contributed by atoms with Crippen LogP contribution in [0.1, 0.15) is 31.9 Å². The SMILES string of the molecule is CC(C)(C)c1ccc(/C=N/Nc2nnc(-c3ccccc3)c(=O)[nH]2)cc1. The van der Waals surface area contributed by atoms with Crippen LogP contribution in [0, 0.1) is 0 Å². The van der Waals surface area contributed by atoms with Gasteiger partial charge in [0.25, 0.3) is 5.56 Å². The van der Waals surface area contributed by atoms with E-state index in [1.165, 1.54) is 5.56 Å². The molecule has 0 spiro atoms. The van der Waals surface area contributed by atoms with Gasteiger partial charge in [0.05, 0.1) is 6.21 Å². The fraction of sp³-hybridized carbons (Fsp3) is 0.200. The monoisotopic (exact) mass is 347 g/mol. The smallest absolute Gasteiger partial charge is 0.279 e. The maximum atomic E-state index is 12.2. The second-order valence-electron chi connectivity index (χ2n) is 6.96. The second kappa shape index (κ2) is 7.31. The van der Waals surface area contributed by atoms with Crippen molar-refractivity contribution in [2.24, 2.45) is 5.10 Å². The van der Waals surface area contributed by atoms with E-state index in [9.17, 15) is 4.79 Å². The van der Waals surface area contributed by atoms with E-state index in [4.69, 9.17) is 0 Å². The van der Waals surface area contributed by atoms with E-state index in [-0.39, 0.29) is 22.6 Å². The number of hydrogen-bond acceptors (Lipinski definition) is 5. The summed E-state index contributed by atoms with van der Waals surface area (Å²) in [5.41, 5.74) is 5.69. The second-order valence-corrected chi connectivity index (χ2v) is 6.96. The summed E-state index contributed by atoms with van der Waals surface area (Å²) in [4.78, 5) is 14.8. The number of nitrogens with zero attached hydrogens (tertiary/aromatic N) is 3. The minimum atomic E-state index is -0.321. The summed E-state index contributed by atoms with van der Waals surface area (Å²) in [6.45, 7) is 6.52. The van der Waals surface area contributed by atoms with Crippen molar-refractivity contribution in [2.75, 3.05) is 5.43 Å². The van der Waals surface area contributed by atoms with Crippen LogP contribution >= 0.6 is 0 Å². The fourth-order valence-corrected chi connectivity index (χ4v) is 2.41. The van der Waals surface area contributed by atoms with Gasteiger partial charge in [0.1, 0.15) is 0 Å². The number of aromatic nitrogens is 3. The molecule has 0 amide bonds. The molecule has 1 aromatic heterocycles. The Hall–Kier alpha value is -3.28. The number of benzene rings is 2. The Morgan fingerprint density at radius 1 is 1.00 bits per heavy atom. The molecule has 2 aromatic carbocycles. The van der Waals surface area contributed by atoms with Crippen LogP contribution in [0.3, 0.4) is 0 Å². The number of hydrazone groups is 1. The van der Waals surface area contributed by atoms with Gasteiger partial charge in [-0.2, -0.15) is 5.10 Å². The summed E-state index contributed by atoms with van der Waals surface area (Å²) in [7, 11) is 0. The Kier molecular flexibility index (Phi) is 4.93. The van der Waals surface area contributed by atoms with Gasteiger partial charge < -0.3 is 0 Å². The van der Waals surface area contributed by atoms with Gasteiger partial charge in [0, 0.05) is 5.56 Å². The zero-order valence-corrected chi connectivity index (χ0v) is 15.0. The molecule has 6 heteroatoms. The van der Waals surface area contributed by atoms with E-state index >= 15 is 0 Å². The van der Waals surface area contributed by atoms with Gasteiger partial charge in [-0.25, -0.2) is 5.43 Å². The number of nitrogens with one attached hydrogen (secondary N) is 2. The van der Waals surface area contributed by atoms with E-state index in [1.54, 1.807) is 6.21 Å². The van der Waals surface area contributed by atoms with Gasteiger partial charge in [0.2, 0.25) is 5.95 Å². The highest BCUT2D eigenvalue weighted by molar-refractivity contribution is 5.80. The third-order valence-corrected chi connectivity index (χ3v) is 3.91. The first-order valence-corrected chi connectivity index (χ1v) is 8.35. The summed E-state index contributed by atoms with van der Waals surface area (Å²) in [6.07, 6.45) is 1.66. The topological polar surface area (TPSA) is 83.0 Å². The minimum Gasteiger partial charge on any atom is -0.288 e. The quantitative estimate of drug-likeness (QED) is 0.558. The minimum absolute atomic E-state index is 0.115. The van der Waals surface area contributed by atoms with Gasteiger partial charge in [-0.05, 0) is 16.5 Å². The van der Waals surface area contributed by atoms with Crippen LogP contribution in [0.2, 0.25) is 0 Å². The molecular weight excluding hydrogens is 326 g/mol.